The van der Waals surface area contributed by atoms with Crippen LogP contribution in [0.2, 0.25) is 5.02 Å². The Morgan fingerprint density at radius 2 is 2.19 bits per heavy atom. The van der Waals surface area contributed by atoms with Crippen molar-refractivity contribution in [3.8, 4) is 5.75 Å². The summed E-state index contributed by atoms with van der Waals surface area (Å²) in [5.41, 5.74) is 2.70. The molecule has 0 saturated carbocycles. The number of fused-ring (bicyclic) bond motifs is 1. The van der Waals surface area contributed by atoms with E-state index in [1.165, 1.54) is 0 Å². The Bertz CT molecular complexity index is 768. The second-order valence-electron chi connectivity index (χ2n) is 4.46. The van der Waals surface area contributed by atoms with Crippen molar-refractivity contribution in [1.29, 1.82) is 0 Å². The molecular formula is C15H13ClN2OS2. The molecule has 0 radical (unpaired) electrons. The predicted octanol–water partition coefficient (Wildman–Crippen LogP) is 4.99. The van der Waals surface area contributed by atoms with Gasteiger partial charge in [-0.25, -0.2) is 4.98 Å². The lowest BCUT2D eigenvalue weighted by molar-refractivity contribution is 0.469. The highest BCUT2D eigenvalue weighted by molar-refractivity contribution is 8.00. The van der Waals surface area contributed by atoms with Gasteiger partial charge in [0.2, 0.25) is 0 Å². The first-order valence-electron chi connectivity index (χ1n) is 6.32. The number of benzene rings is 2. The van der Waals surface area contributed by atoms with Crippen LogP contribution in [0.15, 0.2) is 40.7 Å². The van der Waals surface area contributed by atoms with Crippen LogP contribution in [-0.4, -0.2) is 16.3 Å². The van der Waals surface area contributed by atoms with Crippen LogP contribution in [0.1, 0.15) is 5.56 Å². The minimum absolute atomic E-state index is 0.207. The van der Waals surface area contributed by atoms with Crippen molar-refractivity contribution in [1.82, 2.24) is 4.98 Å². The van der Waals surface area contributed by atoms with Gasteiger partial charge >= 0.3 is 0 Å². The molecule has 3 aromatic rings. The molecule has 21 heavy (non-hydrogen) atoms. The zero-order valence-corrected chi connectivity index (χ0v) is 13.6. The van der Waals surface area contributed by atoms with E-state index in [0.717, 1.165) is 20.2 Å². The van der Waals surface area contributed by atoms with E-state index in [1.807, 2.05) is 18.4 Å². The van der Waals surface area contributed by atoms with Gasteiger partial charge in [0.25, 0.3) is 0 Å². The van der Waals surface area contributed by atoms with E-state index in [2.05, 4.69) is 16.4 Å². The third kappa shape index (κ3) is 3.10. The largest absolute Gasteiger partial charge is 0.508 e. The molecule has 0 fully saturated rings. The third-order valence-corrected chi connectivity index (χ3v) is 5.46. The lowest BCUT2D eigenvalue weighted by Gasteiger charge is -2.09. The summed E-state index contributed by atoms with van der Waals surface area (Å²) in [5.74, 6) is 0.207. The van der Waals surface area contributed by atoms with Crippen LogP contribution >= 0.6 is 34.7 Å². The van der Waals surface area contributed by atoms with Crippen molar-refractivity contribution in [3.05, 3.63) is 47.0 Å². The lowest BCUT2D eigenvalue weighted by atomic mass is 10.2. The molecule has 0 aliphatic rings. The van der Waals surface area contributed by atoms with Crippen LogP contribution in [0.4, 0.5) is 5.69 Å². The maximum atomic E-state index is 9.84. The highest BCUT2D eigenvalue weighted by Crippen LogP contribution is 2.31. The van der Waals surface area contributed by atoms with Gasteiger partial charge in [-0.05, 0) is 36.6 Å². The summed E-state index contributed by atoms with van der Waals surface area (Å²) < 4.78 is 2.21. The average Bonchev–Trinajstić information content (AvgIpc) is 2.89. The molecule has 1 aromatic heterocycles. The number of thiazole rings is 1. The molecule has 0 saturated heterocycles. The molecule has 0 unspecified atom stereocenters. The van der Waals surface area contributed by atoms with E-state index in [-0.39, 0.29) is 5.75 Å². The van der Waals surface area contributed by atoms with Crippen molar-refractivity contribution in [2.75, 3.05) is 11.6 Å². The molecule has 0 bridgehead atoms. The van der Waals surface area contributed by atoms with E-state index in [0.29, 0.717) is 17.1 Å². The summed E-state index contributed by atoms with van der Waals surface area (Å²) in [7, 11) is 0. The Morgan fingerprint density at radius 3 is 2.95 bits per heavy atom. The number of halogens is 1. The average molecular weight is 337 g/mol. The summed E-state index contributed by atoms with van der Waals surface area (Å²) in [5, 5.41) is 13.7. The van der Waals surface area contributed by atoms with Gasteiger partial charge < -0.3 is 10.4 Å². The van der Waals surface area contributed by atoms with Crippen molar-refractivity contribution >= 4 is 50.6 Å². The minimum Gasteiger partial charge on any atom is -0.508 e. The molecular weight excluding hydrogens is 324 g/mol. The topological polar surface area (TPSA) is 45.2 Å². The number of nitrogens with zero attached hydrogens (tertiary/aromatic N) is 1. The van der Waals surface area contributed by atoms with Gasteiger partial charge in [0.15, 0.2) is 4.34 Å². The van der Waals surface area contributed by atoms with Gasteiger partial charge in [-0.1, -0.05) is 29.4 Å². The number of nitrogens with one attached hydrogen (secondary N) is 1. The van der Waals surface area contributed by atoms with E-state index in [9.17, 15) is 5.11 Å². The summed E-state index contributed by atoms with van der Waals surface area (Å²) in [6, 6.07) is 11.2. The molecule has 1 heterocycles. The van der Waals surface area contributed by atoms with Gasteiger partial charge in [0, 0.05) is 22.8 Å². The number of phenolic OH excluding ortho intramolecular Hbond substituents is 1. The van der Waals surface area contributed by atoms with Gasteiger partial charge in [-0.3, -0.25) is 0 Å². The fourth-order valence-electron chi connectivity index (χ4n) is 2.01. The highest BCUT2D eigenvalue weighted by Gasteiger charge is 2.07. The number of hydrogen-bond acceptors (Lipinski definition) is 5. The molecule has 0 atom stereocenters. The van der Waals surface area contributed by atoms with E-state index < -0.39 is 0 Å². The summed E-state index contributed by atoms with van der Waals surface area (Å²) >= 11 is 9.43. The number of hydrogen-bond donors (Lipinski definition) is 2. The molecule has 2 aromatic carbocycles. The predicted molar refractivity (Wildman–Crippen MR) is 91.8 cm³/mol. The number of rotatable bonds is 4. The standard InChI is InChI=1S/C15H13ClN2OS2/c1-20-15-18-12-6-5-9(7-14(12)21-15)17-8-10-11(16)3-2-4-13(10)19/h2-7,17,19H,8H2,1H3. The SMILES string of the molecule is CSc1nc2ccc(NCc3c(O)cccc3Cl)cc2s1. The highest BCUT2D eigenvalue weighted by atomic mass is 35.5. The maximum Gasteiger partial charge on any atom is 0.150 e. The molecule has 0 amide bonds. The fraction of sp³-hybridized carbons (Fsp3) is 0.133. The lowest BCUT2D eigenvalue weighted by Crippen LogP contribution is -2.00. The second-order valence-corrected chi connectivity index (χ2v) is 6.95. The van der Waals surface area contributed by atoms with Crippen LogP contribution in [0.3, 0.4) is 0 Å². The minimum atomic E-state index is 0.207. The summed E-state index contributed by atoms with van der Waals surface area (Å²) in [6.07, 6.45) is 2.02. The Balaban J connectivity index is 1.82. The first-order valence-corrected chi connectivity index (χ1v) is 8.74. The fourth-order valence-corrected chi connectivity index (χ4v) is 3.78. The van der Waals surface area contributed by atoms with Gasteiger partial charge in [-0.15, -0.1) is 11.3 Å². The van der Waals surface area contributed by atoms with E-state index >= 15 is 0 Å². The smallest absolute Gasteiger partial charge is 0.150 e. The maximum absolute atomic E-state index is 9.84. The van der Waals surface area contributed by atoms with Crippen LogP contribution in [0.25, 0.3) is 10.2 Å². The van der Waals surface area contributed by atoms with Crippen molar-refractivity contribution in [2.45, 2.75) is 10.9 Å². The van der Waals surface area contributed by atoms with Crippen LogP contribution in [-0.2, 0) is 6.54 Å². The normalized spacial score (nSPS) is 11.0. The molecule has 3 nitrogen and oxygen atoms in total. The summed E-state index contributed by atoms with van der Waals surface area (Å²) in [6.45, 7) is 0.477. The van der Waals surface area contributed by atoms with Crippen molar-refractivity contribution in [3.63, 3.8) is 0 Å². The molecule has 108 valence electrons. The Morgan fingerprint density at radius 1 is 1.33 bits per heavy atom. The second kappa shape index (κ2) is 6.13. The third-order valence-electron chi connectivity index (χ3n) is 3.11. The van der Waals surface area contributed by atoms with Crippen LogP contribution < -0.4 is 5.32 Å². The molecule has 0 spiro atoms. The zero-order valence-electron chi connectivity index (χ0n) is 11.3. The first kappa shape index (κ1) is 14.5. The Hall–Kier alpha value is -1.43. The molecule has 3 rings (SSSR count). The van der Waals surface area contributed by atoms with E-state index in [4.69, 9.17) is 11.6 Å². The molecule has 0 aliphatic carbocycles. The Labute approximate surface area is 136 Å². The molecule has 6 heteroatoms. The Kier molecular flexibility index (Phi) is 4.24. The van der Waals surface area contributed by atoms with E-state index in [1.54, 1.807) is 41.3 Å². The number of anilines is 1. The van der Waals surface area contributed by atoms with Crippen molar-refractivity contribution < 1.29 is 5.11 Å². The van der Waals surface area contributed by atoms with Gasteiger partial charge in [-0.2, -0.15) is 0 Å². The monoisotopic (exact) mass is 336 g/mol. The zero-order chi connectivity index (χ0) is 14.8. The molecule has 2 N–H and O–H groups in total. The molecule has 0 aliphatic heterocycles. The first-order chi connectivity index (χ1) is 10.2. The van der Waals surface area contributed by atoms with Crippen LogP contribution in [0.5, 0.6) is 5.75 Å². The quantitative estimate of drug-likeness (QED) is 0.659. The number of thioether (sulfide) groups is 1. The number of phenols is 1. The summed E-state index contributed by atoms with van der Waals surface area (Å²) in [4.78, 5) is 4.51. The number of aromatic nitrogens is 1. The van der Waals surface area contributed by atoms with Gasteiger partial charge in [0.1, 0.15) is 5.75 Å². The van der Waals surface area contributed by atoms with Gasteiger partial charge in [0.05, 0.1) is 10.2 Å². The van der Waals surface area contributed by atoms with Crippen LogP contribution in [0, 0.1) is 0 Å². The van der Waals surface area contributed by atoms with Crippen molar-refractivity contribution in [2.24, 2.45) is 0 Å². The number of aromatic hydroxyl groups is 1.